The molecule has 1 fully saturated rings. The van der Waals surface area contributed by atoms with Crippen LogP contribution in [0.15, 0.2) is 54.6 Å². The molecule has 0 bridgehead atoms. The Labute approximate surface area is 240 Å². The molecule has 8 nitrogen and oxygen atoms in total. The number of halogens is 1. The van der Waals surface area contributed by atoms with Crippen LogP contribution < -0.4 is 14.9 Å². The van der Waals surface area contributed by atoms with Gasteiger partial charge < -0.3 is 23.9 Å². The van der Waals surface area contributed by atoms with Crippen LogP contribution in [-0.4, -0.2) is 61.4 Å². The summed E-state index contributed by atoms with van der Waals surface area (Å²) in [5, 5.41) is 9.90. The summed E-state index contributed by atoms with van der Waals surface area (Å²) in [5.74, 6) is -0.636. The Bertz CT molecular complexity index is 1380. The lowest BCUT2D eigenvalue weighted by Gasteiger charge is -2.22. The highest BCUT2D eigenvalue weighted by atomic mass is 19.1. The molecule has 0 spiro atoms. The molecular formula is C31H35BFNO7. The third kappa shape index (κ3) is 8.08. The molecule has 3 aromatic rings. The number of hydrogen-bond donors (Lipinski definition) is 1. The number of aryl methyl sites for hydroxylation is 1. The van der Waals surface area contributed by atoms with E-state index in [1.54, 1.807) is 58.2 Å². The topological polar surface area (TPSA) is 94.5 Å². The number of carbonyl (C=O) groups is 2. The molecule has 216 valence electrons. The average Bonchev–Trinajstić information content (AvgIpc) is 2.89. The van der Waals surface area contributed by atoms with Gasteiger partial charge in [0.05, 0.1) is 25.3 Å². The SMILES string of the molecule is Cc1cc(OCCC(C)(C)O)c(F)c(C)c1-c1cccc(COc2ccc(B3OC(=O)CN(C)CC(=O)O3)cc2)c1. The van der Waals surface area contributed by atoms with Crippen molar-refractivity contribution in [2.75, 3.05) is 26.7 Å². The number of rotatable bonds is 9. The first kappa shape index (κ1) is 30.1. The zero-order chi connectivity index (χ0) is 29.7. The fourth-order valence-electron chi connectivity index (χ4n) is 4.56. The van der Waals surface area contributed by atoms with Crippen LogP contribution in [0.5, 0.6) is 11.5 Å². The largest absolute Gasteiger partial charge is 0.636 e. The van der Waals surface area contributed by atoms with Crippen molar-refractivity contribution >= 4 is 24.5 Å². The van der Waals surface area contributed by atoms with Gasteiger partial charge in [-0.3, -0.25) is 14.5 Å². The summed E-state index contributed by atoms with van der Waals surface area (Å²) >= 11 is 0. The van der Waals surface area contributed by atoms with Crippen LogP contribution in [0.25, 0.3) is 11.1 Å². The van der Waals surface area contributed by atoms with Crippen molar-refractivity contribution in [3.8, 4) is 22.6 Å². The summed E-state index contributed by atoms with van der Waals surface area (Å²) in [6.45, 7) is 7.50. The first-order valence-electron chi connectivity index (χ1n) is 13.4. The highest BCUT2D eigenvalue weighted by molar-refractivity contribution is 6.64. The van der Waals surface area contributed by atoms with E-state index in [9.17, 15) is 14.7 Å². The van der Waals surface area contributed by atoms with Gasteiger partial charge in [-0.15, -0.1) is 0 Å². The van der Waals surface area contributed by atoms with Crippen molar-refractivity contribution in [3.63, 3.8) is 0 Å². The van der Waals surface area contributed by atoms with Crippen LogP contribution in [0.3, 0.4) is 0 Å². The first-order valence-corrected chi connectivity index (χ1v) is 13.4. The molecule has 0 unspecified atom stereocenters. The standard InChI is InChI=1S/C31H35BFNO7/c1-20-15-26(38-14-13-31(3,4)37)30(33)21(2)29(20)23-8-6-7-22(16-23)19-39-25-11-9-24(10-12-25)32-40-27(35)17-34(5)18-28(36)41-32/h6-12,15-16,37H,13-14,17-19H2,1-5H3. The minimum atomic E-state index is -1.11. The average molecular weight is 563 g/mol. The van der Waals surface area contributed by atoms with Crippen LogP contribution in [0.4, 0.5) is 4.39 Å². The fourth-order valence-corrected chi connectivity index (χ4v) is 4.56. The predicted molar refractivity (Wildman–Crippen MR) is 154 cm³/mol. The minimum Gasteiger partial charge on any atom is -0.494 e. The summed E-state index contributed by atoms with van der Waals surface area (Å²) in [6, 6.07) is 16.2. The maximum absolute atomic E-state index is 15.2. The van der Waals surface area contributed by atoms with Gasteiger partial charge in [-0.25, -0.2) is 4.39 Å². The monoisotopic (exact) mass is 563 g/mol. The number of hydrogen-bond acceptors (Lipinski definition) is 8. The summed E-state index contributed by atoms with van der Waals surface area (Å²) < 4.78 is 37.4. The molecule has 0 aromatic heterocycles. The normalized spacial score (nSPS) is 14.7. The Morgan fingerprint density at radius 3 is 2.29 bits per heavy atom. The van der Waals surface area contributed by atoms with Gasteiger partial charge in [-0.2, -0.15) is 0 Å². The molecule has 4 rings (SSSR count). The summed E-state index contributed by atoms with van der Waals surface area (Å²) in [4.78, 5) is 25.6. The Morgan fingerprint density at radius 2 is 1.66 bits per heavy atom. The summed E-state index contributed by atoms with van der Waals surface area (Å²) in [6.07, 6.45) is 0.385. The van der Waals surface area contributed by atoms with E-state index in [1.807, 2.05) is 31.2 Å². The molecule has 1 saturated heterocycles. The smallest absolute Gasteiger partial charge is 0.494 e. The van der Waals surface area contributed by atoms with Gasteiger partial charge in [0.1, 0.15) is 12.4 Å². The van der Waals surface area contributed by atoms with E-state index in [1.165, 1.54) is 4.90 Å². The van der Waals surface area contributed by atoms with Crippen molar-refractivity contribution in [3.05, 3.63) is 77.1 Å². The van der Waals surface area contributed by atoms with E-state index in [0.717, 1.165) is 22.3 Å². The van der Waals surface area contributed by atoms with Crippen molar-refractivity contribution in [2.24, 2.45) is 0 Å². The molecule has 0 aliphatic carbocycles. The van der Waals surface area contributed by atoms with E-state index >= 15 is 4.39 Å². The van der Waals surface area contributed by atoms with E-state index in [4.69, 9.17) is 18.8 Å². The Balaban J connectivity index is 1.43. The second-order valence-corrected chi connectivity index (χ2v) is 11.0. The van der Waals surface area contributed by atoms with E-state index < -0.39 is 30.5 Å². The van der Waals surface area contributed by atoms with Crippen LogP contribution in [0.2, 0.25) is 0 Å². The van der Waals surface area contributed by atoms with Crippen molar-refractivity contribution in [2.45, 2.75) is 46.3 Å². The highest BCUT2D eigenvalue weighted by Crippen LogP contribution is 2.35. The maximum Gasteiger partial charge on any atom is 0.636 e. The van der Waals surface area contributed by atoms with E-state index in [-0.39, 0.29) is 32.1 Å². The number of nitrogens with zero attached hydrogens (tertiary/aromatic N) is 1. The Kier molecular flexibility index (Phi) is 9.35. The minimum absolute atomic E-state index is 0.00140. The number of benzene rings is 3. The van der Waals surface area contributed by atoms with Gasteiger partial charge in [0.2, 0.25) is 0 Å². The Hall–Kier alpha value is -3.89. The molecule has 0 atom stereocenters. The van der Waals surface area contributed by atoms with Crippen molar-refractivity contribution < 1.29 is 37.9 Å². The number of carbonyl (C=O) groups excluding carboxylic acids is 2. The molecule has 10 heteroatoms. The molecule has 0 amide bonds. The van der Waals surface area contributed by atoms with E-state index in [0.29, 0.717) is 23.2 Å². The Morgan fingerprint density at radius 1 is 1.00 bits per heavy atom. The molecule has 0 saturated carbocycles. The second-order valence-electron chi connectivity index (χ2n) is 11.0. The lowest BCUT2D eigenvalue weighted by Crippen LogP contribution is -2.47. The number of likely N-dealkylation sites (N-methyl/N-ethyl adjacent to an activating group) is 1. The van der Waals surface area contributed by atoms with Crippen LogP contribution in [-0.2, 0) is 25.5 Å². The molecule has 0 radical (unpaired) electrons. The summed E-state index contributed by atoms with van der Waals surface area (Å²) in [7, 11) is 0.526. The van der Waals surface area contributed by atoms with Crippen molar-refractivity contribution in [1.29, 1.82) is 0 Å². The lowest BCUT2D eigenvalue weighted by molar-refractivity contribution is -0.145. The van der Waals surface area contributed by atoms with E-state index in [2.05, 4.69) is 0 Å². The van der Waals surface area contributed by atoms with Gasteiger partial charge in [-0.05, 0) is 86.8 Å². The van der Waals surface area contributed by atoms with Gasteiger partial charge >= 0.3 is 19.1 Å². The molecule has 1 aliphatic rings. The zero-order valence-electron chi connectivity index (χ0n) is 24.0. The zero-order valence-corrected chi connectivity index (χ0v) is 24.0. The number of ether oxygens (including phenoxy) is 2. The molecule has 1 heterocycles. The third-order valence-corrected chi connectivity index (χ3v) is 6.68. The number of aliphatic hydroxyl groups is 1. The first-order chi connectivity index (χ1) is 19.4. The quantitative estimate of drug-likeness (QED) is 0.392. The van der Waals surface area contributed by atoms with Crippen LogP contribution >= 0.6 is 0 Å². The van der Waals surface area contributed by atoms with Gasteiger partial charge in [-0.1, -0.05) is 30.3 Å². The fraction of sp³-hybridized carbons (Fsp3) is 0.355. The molecular weight excluding hydrogens is 528 g/mol. The molecule has 1 aliphatic heterocycles. The predicted octanol–water partition coefficient (Wildman–Crippen LogP) is 3.96. The van der Waals surface area contributed by atoms with Crippen LogP contribution in [0, 0.1) is 19.7 Å². The maximum atomic E-state index is 15.2. The van der Waals surface area contributed by atoms with Gasteiger partial charge in [0.25, 0.3) is 0 Å². The highest BCUT2D eigenvalue weighted by Gasteiger charge is 2.33. The second kappa shape index (κ2) is 12.7. The lowest BCUT2D eigenvalue weighted by atomic mass is 9.78. The molecule has 1 N–H and O–H groups in total. The van der Waals surface area contributed by atoms with Gasteiger partial charge in [0, 0.05) is 11.9 Å². The molecule has 3 aromatic carbocycles. The van der Waals surface area contributed by atoms with Gasteiger partial charge in [0.15, 0.2) is 11.6 Å². The summed E-state index contributed by atoms with van der Waals surface area (Å²) in [5.41, 5.74) is 3.53. The third-order valence-electron chi connectivity index (χ3n) is 6.68. The van der Waals surface area contributed by atoms with Crippen LogP contribution in [0.1, 0.15) is 37.0 Å². The van der Waals surface area contributed by atoms with Crippen molar-refractivity contribution in [1.82, 2.24) is 4.90 Å². The molecule has 41 heavy (non-hydrogen) atoms.